The quantitative estimate of drug-likeness (QED) is 0.825. The second-order valence-electron chi connectivity index (χ2n) is 4.50. The highest BCUT2D eigenvalue weighted by molar-refractivity contribution is 9.10. The molecule has 0 fully saturated rings. The summed E-state index contributed by atoms with van der Waals surface area (Å²) in [5.41, 5.74) is 4.20. The SMILES string of the molecule is CNC1CCc2[nH]c3ccc(Br)cc3c2C1. The smallest absolute Gasteiger partial charge is 0.0459 e. The number of fused-ring (bicyclic) bond motifs is 3. The van der Waals surface area contributed by atoms with E-state index in [1.807, 2.05) is 0 Å². The fraction of sp³-hybridized carbons (Fsp3) is 0.385. The van der Waals surface area contributed by atoms with Crippen molar-refractivity contribution in [1.29, 1.82) is 0 Å². The molecule has 1 atom stereocenters. The highest BCUT2D eigenvalue weighted by atomic mass is 79.9. The van der Waals surface area contributed by atoms with Gasteiger partial charge in [-0.1, -0.05) is 15.9 Å². The Labute approximate surface area is 104 Å². The van der Waals surface area contributed by atoms with Crippen LogP contribution in [0.5, 0.6) is 0 Å². The Kier molecular flexibility index (Phi) is 2.52. The van der Waals surface area contributed by atoms with Crippen LogP contribution in [0.25, 0.3) is 10.9 Å². The Balaban J connectivity index is 2.15. The summed E-state index contributed by atoms with van der Waals surface area (Å²) in [6, 6.07) is 7.11. The number of aromatic nitrogens is 1. The lowest BCUT2D eigenvalue weighted by atomic mass is 9.92. The Morgan fingerprint density at radius 3 is 3.12 bits per heavy atom. The average Bonchev–Trinajstić information content (AvgIpc) is 2.66. The number of hydrogen-bond acceptors (Lipinski definition) is 1. The summed E-state index contributed by atoms with van der Waals surface area (Å²) >= 11 is 3.55. The van der Waals surface area contributed by atoms with Crippen LogP contribution in [0, 0.1) is 0 Å². The van der Waals surface area contributed by atoms with E-state index in [1.54, 1.807) is 0 Å². The van der Waals surface area contributed by atoms with Crippen LogP contribution >= 0.6 is 15.9 Å². The van der Waals surface area contributed by atoms with Crippen LogP contribution in [0.4, 0.5) is 0 Å². The zero-order valence-corrected chi connectivity index (χ0v) is 10.9. The molecule has 1 unspecified atom stereocenters. The van der Waals surface area contributed by atoms with Gasteiger partial charge in [-0.25, -0.2) is 0 Å². The first-order valence-corrected chi connectivity index (χ1v) is 6.53. The van der Waals surface area contributed by atoms with Gasteiger partial charge in [0, 0.05) is 27.1 Å². The van der Waals surface area contributed by atoms with Gasteiger partial charge in [-0.3, -0.25) is 0 Å². The topological polar surface area (TPSA) is 27.8 Å². The Morgan fingerprint density at radius 2 is 2.31 bits per heavy atom. The molecule has 16 heavy (non-hydrogen) atoms. The third kappa shape index (κ3) is 1.59. The first-order valence-electron chi connectivity index (χ1n) is 5.74. The minimum atomic E-state index is 0.630. The monoisotopic (exact) mass is 278 g/mol. The standard InChI is InChI=1S/C13H15BrN2/c1-15-9-3-5-13-11(7-9)10-6-8(14)2-4-12(10)16-13/h2,4,6,9,15-16H,3,5,7H2,1H3. The number of halogens is 1. The van der Waals surface area contributed by atoms with Crippen LogP contribution < -0.4 is 5.32 Å². The van der Waals surface area contributed by atoms with Crippen molar-refractivity contribution in [2.75, 3.05) is 7.05 Å². The van der Waals surface area contributed by atoms with E-state index in [1.165, 1.54) is 28.6 Å². The maximum absolute atomic E-state index is 3.55. The molecule has 3 heteroatoms. The third-order valence-corrected chi connectivity index (χ3v) is 4.05. The van der Waals surface area contributed by atoms with Gasteiger partial charge in [0.05, 0.1) is 0 Å². The van der Waals surface area contributed by atoms with E-state index in [4.69, 9.17) is 0 Å². The molecule has 1 heterocycles. The zero-order chi connectivity index (χ0) is 11.1. The number of rotatable bonds is 1. The number of likely N-dealkylation sites (N-methyl/N-ethyl adjacent to an activating group) is 1. The van der Waals surface area contributed by atoms with E-state index in [9.17, 15) is 0 Å². The number of benzene rings is 1. The molecule has 0 saturated carbocycles. The number of hydrogen-bond donors (Lipinski definition) is 2. The lowest BCUT2D eigenvalue weighted by Crippen LogP contribution is -2.31. The van der Waals surface area contributed by atoms with E-state index in [0.717, 1.165) is 17.3 Å². The third-order valence-electron chi connectivity index (χ3n) is 3.56. The molecule has 0 spiro atoms. The first kappa shape index (κ1) is 10.4. The number of aryl methyl sites for hydroxylation is 1. The van der Waals surface area contributed by atoms with Gasteiger partial charge < -0.3 is 10.3 Å². The molecule has 1 aromatic heterocycles. The van der Waals surface area contributed by atoms with Gasteiger partial charge >= 0.3 is 0 Å². The minimum absolute atomic E-state index is 0.630. The fourth-order valence-corrected chi connectivity index (χ4v) is 3.00. The van der Waals surface area contributed by atoms with Crippen molar-refractivity contribution in [1.82, 2.24) is 10.3 Å². The molecule has 3 rings (SSSR count). The Bertz CT molecular complexity index is 530. The minimum Gasteiger partial charge on any atom is -0.358 e. The second kappa shape index (κ2) is 3.90. The van der Waals surface area contributed by atoms with Crippen molar-refractivity contribution in [3.05, 3.63) is 33.9 Å². The van der Waals surface area contributed by atoms with Crippen molar-refractivity contribution in [2.45, 2.75) is 25.3 Å². The number of H-pyrrole nitrogens is 1. The van der Waals surface area contributed by atoms with Crippen LogP contribution in [-0.4, -0.2) is 18.1 Å². The van der Waals surface area contributed by atoms with Gasteiger partial charge in [0.1, 0.15) is 0 Å². The Hall–Kier alpha value is -0.800. The van der Waals surface area contributed by atoms with E-state index >= 15 is 0 Å². The zero-order valence-electron chi connectivity index (χ0n) is 9.31. The summed E-state index contributed by atoms with van der Waals surface area (Å²) in [6.45, 7) is 0. The van der Waals surface area contributed by atoms with Gasteiger partial charge in [-0.05, 0) is 50.1 Å². The molecular formula is C13H15BrN2. The molecule has 84 valence electrons. The molecule has 2 nitrogen and oxygen atoms in total. The molecule has 1 aromatic carbocycles. The van der Waals surface area contributed by atoms with Gasteiger partial charge in [0.15, 0.2) is 0 Å². The van der Waals surface area contributed by atoms with E-state index in [2.05, 4.69) is 51.5 Å². The molecule has 0 saturated heterocycles. The molecule has 2 aromatic rings. The first-order chi connectivity index (χ1) is 7.78. The highest BCUT2D eigenvalue weighted by Crippen LogP contribution is 2.30. The predicted molar refractivity (Wildman–Crippen MR) is 70.9 cm³/mol. The Morgan fingerprint density at radius 1 is 1.44 bits per heavy atom. The largest absolute Gasteiger partial charge is 0.358 e. The molecule has 1 aliphatic rings. The summed E-state index contributed by atoms with van der Waals surface area (Å²) in [5.74, 6) is 0. The van der Waals surface area contributed by atoms with E-state index < -0.39 is 0 Å². The maximum atomic E-state index is 3.55. The van der Waals surface area contributed by atoms with Gasteiger partial charge in [0.25, 0.3) is 0 Å². The summed E-state index contributed by atoms with van der Waals surface area (Å²) in [6.07, 6.45) is 3.53. The molecule has 0 radical (unpaired) electrons. The normalized spacial score (nSPS) is 20.0. The lowest BCUT2D eigenvalue weighted by Gasteiger charge is -2.21. The molecule has 2 N–H and O–H groups in total. The van der Waals surface area contributed by atoms with Crippen LogP contribution in [-0.2, 0) is 12.8 Å². The summed E-state index contributed by atoms with van der Waals surface area (Å²) in [4.78, 5) is 3.54. The number of aromatic amines is 1. The van der Waals surface area contributed by atoms with Crippen molar-refractivity contribution < 1.29 is 0 Å². The number of nitrogens with one attached hydrogen (secondary N) is 2. The lowest BCUT2D eigenvalue weighted by molar-refractivity contribution is 0.495. The summed E-state index contributed by atoms with van der Waals surface area (Å²) in [5, 5.41) is 4.77. The van der Waals surface area contributed by atoms with E-state index in [-0.39, 0.29) is 0 Å². The summed E-state index contributed by atoms with van der Waals surface area (Å²) < 4.78 is 1.16. The van der Waals surface area contributed by atoms with Crippen molar-refractivity contribution in [2.24, 2.45) is 0 Å². The average molecular weight is 279 g/mol. The molecular weight excluding hydrogens is 264 g/mol. The van der Waals surface area contributed by atoms with Crippen molar-refractivity contribution in [3.8, 4) is 0 Å². The second-order valence-corrected chi connectivity index (χ2v) is 5.42. The molecule has 1 aliphatic carbocycles. The molecule has 0 bridgehead atoms. The maximum Gasteiger partial charge on any atom is 0.0459 e. The fourth-order valence-electron chi connectivity index (χ4n) is 2.64. The molecule has 0 amide bonds. The predicted octanol–water partition coefficient (Wildman–Crippen LogP) is 3.01. The van der Waals surface area contributed by atoms with Gasteiger partial charge in [0.2, 0.25) is 0 Å². The van der Waals surface area contributed by atoms with E-state index in [0.29, 0.717) is 6.04 Å². The van der Waals surface area contributed by atoms with Crippen LogP contribution in [0.2, 0.25) is 0 Å². The summed E-state index contributed by atoms with van der Waals surface area (Å²) in [7, 11) is 2.06. The van der Waals surface area contributed by atoms with Crippen LogP contribution in [0.15, 0.2) is 22.7 Å². The molecule has 0 aliphatic heterocycles. The highest BCUT2D eigenvalue weighted by Gasteiger charge is 2.21. The van der Waals surface area contributed by atoms with Gasteiger partial charge in [-0.2, -0.15) is 0 Å². The van der Waals surface area contributed by atoms with Crippen molar-refractivity contribution >= 4 is 26.8 Å². The van der Waals surface area contributed by atoms with Gasteiger partial charge in [-0.15, -0.1) is 0 Å². The van der Waals surface area contributed by atoms with Crippen LogP contribution in [0.3, 0.4) is 0 Å². The van der Waals surface area contributed by atoms with Crippen LogP contribution in [0.1, 0.15) is 17.7 Å². The van der Waals surface area contributed by atoms with Crippen molar-refractivity contribution in [3.63, 3.8) is 0 Å².